The monoisotopic (exact) mass is 1170 g/mol. The molecule has 0 fully saturated rings. The van der Waals surface area contributed by atoms with Gasteiger partial charge in [-0.1, -0.05) is 192 Å². The summed E-state index contributed by atoms with van der Waals surface area (Å²) in [6.45, 7) is 46.9. The molecule has 3 heterocycles. The summed E-state index contributed by atoms with van der Waals surface area (Å²) < 4.78 is 6.83. The van der Waals surface area contributed by atoms with Crippen molar-refractivity contribution in [1.29, 1.82) is 0 Å². The van der Waals surface area contributed by atoms with E-state index in [1.807, 2.05) is 0 Å². The van der Waals surface area contributed by atoms with Crippen LogP contribution in [0.15, 0.2) is 144 Å². The zero-order valence-electron chi connectivity index (χ0n) is 57.3. The minimum Gasteiger partial charge on any atom is -0.456 e. The van der Waals surface area contributed by atoms with Gasteiger partial charge < -0.3 is 19.1 Å². The maximum Gasteiger partial charge on any atom is 0.252 e. The molecular formula is C84H96BN3O. The molecule has 8 aromatic carbocycles. The number of nitrogens with zero attached hydrogens (tertiary/aromatic N) is 3. The van der Waals surface area contributed by atoms with E-state index >= 15 is 0 Å². The molecule has 0 atom stereocenters. The lowest BCUT2D eigenvalue weighted by atomic mass is 9.32. The van der Waals surface area contributed by atoms with Crippen molar-refractivity contribution in [3.8, 4) is 0 Å². The number of fused-ring (bicyclic) bond motifs is 11. The fourth-order valence-corrected chi connectivity index (χ4v) is 17.7. The van der Waals surface area contributed by atoms with E-state index in [0.29, 0.717) is 0 Å². The van der Waals surface area contributed by atoms with Gasteiger partial charge in [-0.2, -0.15) is 0 Å². The molecule has 9 aromatic rings. The van der Waals surface area contributed by atoms with Crippen LogP contribution in [-0.2, 0) is 48.7 Å². The highest BCUT2D eigenvalue weighted by Crippen LogP contribution is 2.57. The fourth-order valence-electron chi connectivity index (χ4n) is 17.7. The Morgan fingerprint density at radius 3 is 1.20 bits per heavy atom. The highest BCUT2D eigenvalue weighted by atomic mass is 16.3. The number of furan rings is 1. The van der Waals surface area contributed by atoms with Crippen molar-refractivity contribution < 1.29 is 4.42 Å². The molecule has 0 N–H and O–H groups in total. The number of benzene rings is 8. The van der Waals surface area contributed by atoms with Gasteiger partial charge >= 0.3 is 0 Å². The Hall–Kier alpha value is -6.98. The van der Waals surface area contributed by atoms with Gasteiger partial charge in [-0.25, -0.2) is 0 Å². The van der Waals surface area contributed by atoms with Crippen LogP contribution in [0.3, 0.4) is 0 Å². The van der Waals surface area contributed by atoms with Crippen LogP contribution in [0.1, 0.15) is 233 Å². The van der Waals surface area contributed by atoms with Gasteiger partial charge in [0.1, 0.15) is 11.2 Å². The predicted octanol–water partition coefficient (Wildman–Crippen LogP) is 21.8. The van der Waals surface area contributed by atoms with Crippen LogP contribution < -0.4 is 31.1 Å². The molecule has 4 aliphatic carbocycles. The molecule has 0 saturated carbocycles. The first-order valence-electron chi connectivity index (χ1n) is 33.9. The lowest BCUT2D eigenvalue weighted by Gasteiger charge is -2.49. The first-order valence-corrected chi connectivity index (χ1v) is 33.9. The van der Waals surface area contributed by atoms with Crippen molar-refractivity contribution in [2.75, 3.05) is 14.7 Å². The minimum atomic E-state index is -0.0643. The van der Waals surface area contributed by atoms with Gasteiger partial charge in [-0.05, 0) is 245 Å². The summed E-state index contributed by atoms with van der Waals surface area (Å²) in [5, 5.41) is 2.23. The van der Waals surface area contributed by atoms with Gasteiger partial charge in [0.05, 0.1) is 16.8 Å². The summed E-state index contributed by atoms with van der Waals surface area (Å²) in [4.78, 5) is 8.12. The van der Waals surface area contributed by atoms with Crippen molar-refractivity contribution in [2.24, 2.45) is 0 Å². The molecule has 15 rings (SSSR count). The molecule has 0 unspecified atom stereocenters. The zero-order valence-corrected chi connectivity index (χ0v) is 57.3. The maximum absolute atomic E-state index is 6.83. The van der Waals surface area contributed by atoms with E-state index in [2.05, 4.69) is 286 Å². The second-order valence-electron chi connectivity index (χ2n) is 34.8. The molecule has 456 valence electrons. The van der Waals surface area contributed by atoms with E-state index in [4.69, 9.17) is 4.42 Å². The van der Waals surface area contributed by atoms with E-state index in [0.717, 1.165) is 77.5 Å². The minimum absolute atomic E-state index is 0.00255. The van der Waals surface area contributed by atoms with Crippen molar-refractivity contribution in [3.63, 3.8) is 0 Å². The van der Waals surface area contributed by atoms with Crippen molar-refractivity contribution in [2.45, 2.75) is 232 Å². The van der Waals surface area contributed by atoms with Gasteiger partial charge in [-0.3, -0.25) is 0 Å². The molecular weight excluding hydrogens is 1080 g/mol. The van der Waals surface area contributed by atoms with Crippen LogP contribution in [0, 0.1) is 0 Å². The van der Waals surface area contributed by atoms with Crippen LogP contribution in [0.4, 0.5) is 51.2 Å². The standard InChI is InChI=1S/C84H96BN3O/c1-76(2,3)51-27-29-52(30-28-51)86(67-24-22-26-73-74(67)56-23-20-21-25-72(56)89-73)55-45-70-75-71(46-55)88(54-32-34-58-60(44-54)80(10,11)38-36-78(58,6)7)69-50-64-62(82(14,15)40-42-84(64,18)19)48-66(69)85(75)65-47-61-63(83(16,17)41-39-81(61,12)13)49-68(65)87(70)53-31-33-57-59(43-53)79(8,9)37-35-77(57,4)5/h20-34,43-50H,35-42H2,1-19H3. The summed E-state index contributed by atoms with van der Waals surface area (Å²) in [6.07, 6.45) is 9.22. The molecule has 0 amide bonds. The summed E-state index contributed by atoms with van der Waals surface area (Å²) in [5.41, 5.74) is 30.1. The Morgan fingerprint density at radius 2 is 0.764 bits per heavy atom. The van der Waals surface area contributed by atoms with Crippen LogP contribution in [0.25, 0.3) is 21.9 Å². The number of para-hydroxylation sites is 1. The molecule has 89 heavy (non-hydrogen) atoms. The van der Waals surface area contributed by atoms with Gasteiger partial charge in [0.15, 0.2) is 0 Å². The normalized spacial score (nSPS) is 20.6. The molecule has 0 saturated heterocycles. The number of anilines is 9. The quantitative estimate of drug-likeness (QED) is 0.160. The lowest BCUT2D eigenvalue weighted by Crippen LogP contribution is -2.62. The van der Waals surface area contributed by atoms with E-state index in [1.165, 1.54) is 113 Å². The Labute approximate surface area is 533 Å². The first kappa shape index (κ1) is 58.4. The molecule has 5 heteroatoms. The Morgan fingerprint density at radius 1 is 0.371 bits per heavy atom. The summed E-state index contributed by atoms with van der Waals surface area (Å²) >= 11 is 0. The van der Waals surface area contributed by atoms with Gasteiger partial charge in [-0.15, -0.1) is 0 Å². The van der Waals surface area contributed by atoms with Crippen LogP contribution in [0.5, 0.6) is 0 Å². The first-order chi connectivity index (χ1) is 41.7. The van der Waals surface area contributed by atoms with Crippen molar-refractivity contribution in [3.05, 3.63) is 190 Å². The molecule has 2 aliphatic heterocycles. The van der Waals surface area contributed by atoms with E-state index in [-0.39, 0.29) is 55.4 Å². The molecule has 4 nitrogen and oxygen atoms in total. The van der Waals surface area contributed by atoms with Gasteiger partial charge in [0, 0.05) is 45.2 Å². The Balaban J connectivity index is 1.13. The third-order valence-corrected chi connectivity index (χ3v) is 24.1. The smallest absolute Gasteiger partial charge is 0.252 e. The number of hydrogen-bond donors (Lipinski definition) is 0. The highest BCUT2D eigenvalue weighted by Gasteiger charge is 2.50. The van der Waals surface area contributed by atoms with Crippen LogP contribution in [0.2, 0.25) is 0 Å². The fraction of sp³-hybridized carbons (Fsp3) is 0.429. The molecule has 6 aliphatic rings. The third-order valence-electron chi connectivity index (χ3n) is 24.1. The molecule has 0 bridgehead atoms. The summed E-state index contributed by atoms with van der Waals surface area (Å²) in [6, 6.07) is 56.3. The van der Waals surface area contributed by atoms with E-state index < -0.39 is 0 Å². The Bertz CT molecular complexity index is 4260. The largest absolute Gasteiger partial charge is 0.456 e. The van der Waals surface area contributed by atoms with E-state index in [9.17, 15) is 0 Å². The summed E-state index contributed by atoms with van der Waals surface area (Å²) in [7, 11) is 0. The second-order valence-corrected chi connectivity index (χ2v) is 34.8. The van der Waals surface area contributed by atoms with E-state index in [1.54, 1.807) is 0 Å². The highest BCUT2D eigenvalue weighted by molar-refractivity contribution is 7.00. The average Bonchev–Trinajstić information content (AvgIpc) is 1.05. The molecule has 1 aromatic heterocycles. The Kier molecular flexibility index (Phi) is 12.4. The SMILES string of the molecule is CC(C)(C)c1ccc(N(c2cc3c4c(c2)N(c2ccc5c(c2)C(C)(C)CCC5(C)C)c2cc5c(cc2B4c2cc4c(cc2N3c2ccc3c(c2)C(C)(C)CCC3(C)C)C(C)(C)CCC4(C)C)C(C)(C)CCC5(C)C)c2cccc3oc4ccccc4c23)cc1. The van der Waals surface area contributed by atoms with Crippen LogP contribution >= 0.6 is 0 Å². The topological polar surface area (TPSA) is 22.9 Å². The number of hydrogen-bond acceptors (Lipinski definition) is 4. The van der Waals surface area contributed by atoms with Crippen molar-refractivity contribution >= 4 is 96.2 Å². The predicted molar refractivity (Wildman–Crippen MR) is 382 cm³/mol. The third kappa shape index (κ3) is 8.78. The average molecular weight is 1170 g/mol. The van der Waals surface area contributed by atoms with Gasteiger partial charge in [0.2, 0.25) is 0 Å². The second kappa shape index (κ2) is 18.8. The zero-order chi connectivity index (χ0) is 62.9. The van der Waals surface area contributed by atoms with Gasteiger partial charge in [0.25, 0.3) is 6.71 Å². The maximum atomic E-state index is 6.83. The number of rotatable bonds is 5. The summed E-state index contributed by atoms with van der Waals surface area (Å²) in [5.74, 6) is 0. The lowest BCUT2D eigenvalue weighted by molar-refractivity contribution is 0.332. The molecule has 0 spiro atoms. The molecule has 0 radical (unpaired) electrons. The van der Waals surface area contributed by atoms with Crippen molar-refractivity contribution in [1.82, 2.24) is 0 Å². The van der Waals surface area contributed by atoms with Crippen LogP contribution in [-0.4, -0.2) is 6.71 Å².